The van der Waals surface area contributed by atoms with Crippen LogP contribution in [-0.4, -0.2) is 60.4 Å². The zero-order valence-corrected chi connectivity index (χ0v) is 14.5. The van der Waals surface area contributed by atoms with Crippen molar-refractivity contribution in [3.63, 3.8) is 0 Å². The van der Waals surface area contributed by atoms with Crippen LogP contribution in [0.25, 0.3) is 0 Å². The number of carbonyl (C=O) groups excluding carboxylic acids is 2. The minimum absolute atomic E-state index is 0.0389. The van der Waals surface area contributed by atoms with Crippen molar-refractivity contribution in [1.82, 2.24) is 10.2 Å². The van der Waals surface area contributed by atoms with Gasteiger partial charge in [0.2, 0.25) is 5.91 Å². The minimum Gasteiger partial charge on any atom is -0.444 e. The lowest BCUT2D eigenvalue weighted by molar-refractivity contribution is -0.135. The Bertz CT molecular complexity index is 449. The molecule has 0 aromatic rings. The molecule has 3 N–H and O–H groups in total. The van der Waals surface area contributed by atoms with Crippen LogP contribution in [0.1, 0.15) is 46.5 Å². The van der Waals surface area contributed by atoms with Gasteiger partial charge in [0.25, 0.3) is 0 Å². The molecule has 23 heavy (non-hydrogen) atoms. The summed E-state index contributed by atoms with van der Waals surface area (Å²) >= 11 is 0. The maximum absolute atomic E-state index is 12.6. The standard InChI is InChI=1S/C16H29N3O4/c1-16(2,3)23-15(21)18-11-7-8-19(14(11)20)12-6-5-10(17)9-13(12)22-4/h10-13H,5-9,17H2,1-4H3,(H,18,21)/t10-,11-,12+,13-/m0/s1. The smallest absolute Gasteiger partial charge is 0.408 e. The molecule has 2 rings (SSSR count). The molecule has 0 aromatic heterocycles. The number of nitrogens with zero attached hydrogens (tertiary/aromatic N) is 1. The van der Waals surface area contributed by atoms with Gasteiger partial charge in [-0.15, -0.1) is 0 Å². The molecule has 0 spiro atoms. The fourth-order valence-electron chi connectivity index (χ4n) is 3.37. The van der Waals surface area contributed by atoms with Crippen LogP contribution < -0.4 is 11.1 Å². The Morgan fingerprint density at radius 3 is 2.61 bits per heavy atom. The molecule has 2 amide bonds. The first kappa shape index (κ1) is 18.0. The van der Waals surface area contributed by atoms with Gasteiger partial charge < -0.3 is 25.4 Å². The van der Waals surface area contributed by atoms with E-state index in [2.05, 4.69) is 5.32 Å². The Morgan fingerprint density at radius 1 is 1.30 bits per heavy atom. The molecule has 0 radical (unpaired) electrons. The lowest BCUT2D eigenvalue weighted by atomic mass is 9.88. The molecule has 1 saturated heterocycles. The lowest BCUT2D eigenvalue weighted by Crippen LogP contribution is -2.53. The molecule has 7 nitrogen and oxygen atoms in total. The quantitative estimate of drug-likeness (QED) is 0.807. The zero-order chi connectivity index (χ0) is 17.2. The highest BCUT2D eigenvalue weighted by molar-refractivity contribution is 5.87. The highest BCUT2D eigenvalue weighted by Gasteiger charge is 2.42. The van der Waals surface area contributed by atoms with E-state index < -0.39 is 17.7 Å². The van der Waals surface area contributed by atoms with Gasteiger partial charge in [0.15, 0.2) is 0 Å². The van der Waals surface area contributed by atoms with Crippen LogP contribution in [-0.2, 0) is 14.3 Å². The van der Waals surface area contributed by atoms with Crippen LogP contribution in [0.2, 0.25) is 0 Å². The monoisotopic (exact) mass is 327 g/mol. The lowest BCUT2D eigenvalue weighted by Gasteiger charge is -2.39. The van der Waals surface area contributed by atoms with Gasteiger partial charge in [-0.2, -0.15) is 0 Å². The van der Waals surface area contributed by atoms with E-state index in [1.54, 1.807) is 27.9 Å². The average Bonchev–Trinajstić information content (AvgIpc) is 2.78. The highest BCUT2D eigenvalue weighted by Crippen LogP contribution is 2.28. The summed E-state index contributed by atoms with van der Waals surface area (Å²) in [6, 6.07) is -0.347. The molecular weight excluding hydrogens is 298 g/mol. The third-order valence-corrected chi connectivity index (χ3v) is 4.43. The van der Waals surface area contributed by atoms with E-state index in [1.165, 1.54) is 0 Å². The van der Waals surface area contributed by atoms with Crippen molar-refractivity contribution < 1.29 is 19.1 Å². The van der Waals surface area contributed by atoms with Crippen molar-refractivity contribution >= 4 is 12.0 Å². The number of methoxy groups -OCH3 is 1. The molecule has 1 heterocycles. The average molecular weight is 327 g/mol. The van der Waals surface area contributed by atoms with Crippen LogP contribution in [0, 0.1) is 0 Å². The number of hydrogen-bond donors (Lipinski definition) is 2. The van der Waals surface area contributed by atoms with Gasteiger partial charge in [0, 0.05) is 19.7 Å². The Hall–Kier alpha value is -1.34. The van der Waals surface area contributed by atoms with Gasteiger partial charge in [-0.25, -0.2) is 4.79 Å². The number of ether oxygens (including phenoxy) is 2. The Morgan fingerprint density at radius 2 is 2.00 bits per heavy atom. The van der Waals surface area contributed by atoms with E-state index >= 15 is 0 Å². The van der Waals surface area contributed by atoms with Crippen molar-refractivity contribution in [2.75, 3.05) is 13.7 Å². The van der Waals surface area contributed by atoms with Crippen LogP contribution in [0.4, 0.5) is 4.79 Å². The summed E-state index contributed by atoms with van der Waals surface area (Å²) in [6.07, 6.45) is 2.49. The topological polar surface area (TPSA) is 93.9 Å². The van der Waals surface area contributed by atoms with E-state index in [0.717, 1.165) is 19.3 Å². The molecule has 1 saturated carbocycles. The molecular formula is C16H29N3O4. The summed E-state index contributed by atoms with van der Waals surface area (Å²) in [5.41, 5.74) is 5.41. The molecule has 0 unspecified atom stereocenters. The minimum atomic E-state index is -0.577. The van der Waals surface area contributed by atoms with E-state index in [9.17, 15) is 9.59 Å². The van der Waals surface area contributed by atoms with Crippen molar-refractivity contribution in [3.8, 4) is 0 Å². The largest absolute Gasteiger partial charge is 0.444 e. The molecule has 2 fully saturated rings. The van der Waals surface area contributed by atoms with Crippen LogP contribution >= 0.6 is 0 Å². The number of likely N-dealkylation sites (tertiary alicyclic amines) is 1. The number of alkyl carbamates (subject to hydrolysis) is 1. The van der Waals surface area contributed by atoms with Gasteiger partial charge >= 0.3 is 6.09 Å². The number of nitrogens with two attached hydrogens (primary N) is 1. The first-order valence-electron chi connectivity index (χ1n) is 8.29. The van der Waals surface area contributed by atoms with Crippen LogP contribution in [0.5, 0.6) is 0 Å². The van der Waals surface area contributed by atoms with Crippen LogP contribution in [0.3, 0.4) is 0 Å². The number of nitrogens with one attached hydrogen (secondary N) is 1. The zero-order valence-electron chi connectivity index (χ0n) is 14.5. The van der Waals surface area contributed by atoms with E-state index in [-0.39, 0.29) is 24.1 Å². The summed E-state index contributed by atoms with van der Waals surface area (Å²) < 4.78 is 10.8. The molecule has 1 aliphatic heterocycles. The third-order valence-electron chi connectivity index (χ3n) is 4.43. The maximum atomic E-state index is 12.6. The molecule has 4 atom stereocenters. The Balaban J connectivity index is 1.94. The van der Waals surface area contributed by atoms with Crippen molar-refractivity contribution in [3.05, 3.63) is 0 Å². The molecule has 2 aliphatic rings. The van der Waals surface area contributed by atoms with Gasteiger partial charge in [0.05, 0.1) is 12.1 Å². The summed E-state index contributed by atoms with van der Waals surface area (Å²) in [5, 5.41) is 2.68. The molecule has 0 bridgehead atoms. The van der Waals surface area contributed by atoms with Crippen molar-refractivity contribution in [2.45, 2.75) is 76.3 Å². The molecule has 7 heteroatoms. The SMILES string of the molecule is CO[C@H]1C[C@@H](N)CC[C@H]1N1CC[C@H](NC(=O)OC(C)(C)C)C1=O. The van der Waals surface area contributed by atoms with Crippen LogP contribution in [0.15, 0.2) is 0 Å². The summed E-state index contributed by atoms with van der Waals surface area (Å²) in [5.74, 6) is -0.0571. The second-order valence-electron chi connectivity index (χ2n) is 7.43. The summed E-state index contributed by atoms with van der Waals surface area (Å²) in [7, 11) is 1.66. The van der Waals surface area contributed by atoms with E-state index in [4.69, 9.17) is 15.2 Å². The van der Waals surface area contributed by atoms with Crippen molar-refractivity contribution in [2.24, 2.45) is 5.73 Å². The van der Waals surface area contributed by atoms with Gasteiger partial charge in [0.1, 0.15) is 11.6 Å². The Labute approximate surface area is 137 Å². The predicted molar refractivity (Wildman–Crippen MR) is 85.9 cm³/mol. The van der Waals surface area contributed by atoms with E-state index in [1.807, 2.05) is 4.90 Å². The second-order valence-corrected chi connectivity index (χ2v) is 7.43. The van der Waals surface area contributed by atoms with Gasteiger partial charge in [-0.3, -0.25) is 4.79 Å². The normalized spacial score (nSPS) is 32.0. The number of amides is 2. The first-order chi connectivity index (χ1) is 10.7. The van der Waals surface area contributed by atoms with Crippen molar-refractivity contribution in [1.29, 1.82) is 0 Å². The number of hydrogen-bond acceptors (Lipinski definition) is 5. The summed E-state index contributed by atoms with van der Waals surface area (Å²) in [4.78, 5) is 26.3. The third kappa shape index (κ3) is 4.57. The number of carbonyl (C=O) groups is 2. The summed E-state index contributed by atoms with van der Waals surface area (Å²) in [6.45, 7) is 6.01. The Kier molecular flexibility index (Phi) is 5.52. The molecule has 0 aromatic carbocycles. The van der Waals surface area contributed by atoms with Gasteiger partial charge in [-0.05, 0) is 46.5 Å². The fourth-order valence-corrected chi connectivity index (χ4v) is 3.37. The highest BCUT2D eigenvalue weighted by atomic mass is 16.6. The molecule has 132 valence electrons. The second kappa shape index (κ2) is 7.05. The van der Waals surface area contributed by atoms with Gasteiger partial charge in [-0.1, -0.05) is 0 Å². The van der Waals surface area contributed by atoms with E-state index in [0.29, 0.717) is 13.0 Å². The predicted octanol–water partition coefficient (Wildman–Crippen LogP) is 1.01. The fraction of sp³-hybridized carbons (Fsp3) is 0.875. The maximum Gasteiger partial charge on any atom is 0.408 e. The number of rotatable bonds is 3. The first-order valence-corrected chi connectivity index (χ1v) is 8.29. The molecule has 1 aliphatic carbocycles.